The molecule has 0 saturated heterocycles. The van der Waals surface area contributed by atoms with Crippen LogP contribution in [-0.4, -0.2) is 14.8 Å². The number of rotatable bonds is 2. The minimum atomic E-state index is -4.50. The first-order chi connectivity index (χ1) is 8.81. The van der Waals surface area contributed by atoms with Gasteiger partial charge in [0.1, 0.15) is 5.82 Å². The highest BCUT2D eigenvalue weighted by Crippen LogP contribution is 2.31. The third-order valence-corrected chi connectivity index (χ3v) is 2.73. The molecule has 0 atom stereocenters. The van der Waals surface area contributed by atoms with Gasteiger partial charge in [-0.05, 0) is 19.1 Å². The summed E-state index contributed by atoms with van der Waals surface area (Å²) < 4.78 is 39.4. The maximum Gasteiger partial charge on any atom is 0.416 e. The zero-order valence-electron chi connectivity index (χ0n) is 9.66. The van der Waals surface area contributed by atoms with Gasteiger partial charge in [0.15, 0.2) is 5.82 Å². The SMILES string of the molecule is Cc1nn(-c2cc(C(F)(F)F)cc(NN)n2)cc1Cl. The average molecular weight is 292 g/mol. The Morgan fingerprint density at radius 2 is 2.05 bits per heavy atom. The van der Waals surface area contributed by atoms with Crippen molar-refractivity contribution in [2.45, 2.75) is 13.1 Å². The van der Waals surface area contributed by atoms with E-state index in [0.717, 1.165) is 16.8 Å². The van der Waals surface area contributed by atoms with Crippen molar-refractivity contribution in [3.05, 3.63) is 34.6 Å². The highest BCUT2D eigenvalue weighted by Gasteiger charge is 2.32. The first-order valence-electron chi connectivity index (χ1n) is 5.09. The Morgan fingerprint density at radius 3 is 2.53 bits per heavy atom. The van der Waals surface area contributed by atoms with Gasteiger partial charge in [-0.15, -0.1) is 0 Å². The quantitative estimate of drug-likeness (QED) is 0.659. The molecular formula is C10H9ClF3N5. The summed E-state index contributed by atoms with van der Waals surface area (Å²) in [5.74, 6) is 4.96. The van der Waals surface area contributed by atoms with Gasteiger partial charge in [-0.25, -0.2) is 15.5 Å². The third-order valence-electron chi connectivity index (χ3n) is 2.36. The van der Waals surface area contributed by atoms with Gasteiger partial charge in [-0.1, -0.05) is 11.6 Å². The first kappa shape index (κ1) is 13.6. The molecule has 102 valence electrons. The molecule has 0 radical (unpaired) electrons. The van der Waals surface area contributed by atoms with E-state index in [1.54, 1.807) is 6.92 Å². The minimum Gasteiger partial charge on any atom is -0.308 e. The van der Waals surface area contributed by atoms with E-state index in [9.17, 15) is 13.2 Å². The molecule has 2 aromatic rings. The zero-order chi connectivity index (χ0) is 14.2. The van der Waals surface area contributed by atoms with Crippen molar-refractivity contribution in [2.24, 2.45) is 5.84 Å². The lowest BCUT2D eigenvalue weighted by molar-refractivity contribution is -0.137. The lowest BCUT2D eigenvalue weighted by Gasteiger charge is -2.10. The van der Waals surface area contributed by atoms with E-state index in [1.807, 2.05) is 0 Å². The monoisotopic (exact) mass is 291 g/mol. The van der Waals surface area contributed by atoms with Gasteiger partial charge in [-0.2, -0.15) is 18.3 Å². The molecule has 0 aliphatic carbocycles. The van der Waals surface area contributed by atoms with Crippen molar-refractivity contribution in [3.8, 4) is 5.82 Å². The van der Waals surface area contributed by atoms with Gasteiger partial charge in [-0.3, -0.25) is 0 Å². The van der Waals surface area contributed by atoms with Gasteiger partial charge in [0.25, 0.3) is 0 Å². The summed E-state index contributed by atoms with van der Waals surface area (Å²) in [5.41, 5.74) is 1.69. The van der Waals surface area contributed by atoms with Crippen LogP contribution in [0.3, 0.4) is 0 Å². The molecule has 0 bridgehead atoms. The number of nitrogens with zero attached hydrogens (tertiary/aromatic N) is 3. The number of alkyl halides is 3. The molecule has 3 N–H and O–H groups in total. The fraction of sp³-hybridized carbons (Fsp3) is 0.200. The molecule has 0 fully saturated rings. The van der Waals surface area contributed by atoms with Crippen LogP contribution < -0.4 is 11.3 Å². The van der Waals surface area contributed by atoms with E-state index in [2.05, 4.69) is 15.5 Å². The van der Waals surface area contributed by atoms with Crippen LogP contribution in [0.25, 0.3) is 5.82 Å². The van der Waals surface area contributed by atoms with Gasteiger partial charge < -0.3 is 5.43 Å². The number of anilines is 1. The number of aryl methyl sites for hydroxylation is 1. The lowest BCUT2D eigenvalue weighted by atomic mass is 10.2. The summed E-state index contributed by atoms with van der Waals surface area (Å²) in [6.07, 6.45) is -3.13. The Kier molecular flexibility index (Phi) is 3.38. The van der Waals surface area contributed by atoms with E-state index in [0.29, 0.717) is 10.7 Å². The number of hydrogen-bond donors (Lipinski definition) is 2. The van der Waals surface area contributed by atoms with Crippen LogP contribution in [0.15, 0.2) is 18.3 Å². The van der Waals surface area contributed by atoms with Crippen LogP contribution in [0.2, 0.25) is 5.02 Å². The number of nitrogens with two attached hydrogens (primary N) is 1. The van der Waals surface area contributed by atoms with Crippen LogP contribution in [0, 0.1) is 6.92 Å². The first-order valence-corrected chi connectivity index (χ1v) is 5.47. The minimum absolute atomic E-state index is 0.0298. The van der Waals surface area contributed by atoms with Crippen molar-refractivity contribution in [3.63, 3.8) is 0 Å². The molecule has 2 aromatic heterocycles. The largest absolute Gasteiger partial charge is 0.416 e. The lowest BCUT2D eigenvalue weighted by Crippen LogP contribution is -2.14. The molecule has 0 amide bonds. The molecule has 0 aliphatic rings. The van der Waals surface area contributed by atoms with Gasteiger partial charge in [0.2, 0.25) is 0 Å². The summed E-state index contributed by atoms with van der Waals surface area (Å²) in [6.45, 7) is 1.63. The molecule has 19 heavy (non-hydrogen) atoms. The molecule has 2 heterocycles. The number of halogens is 4. The second kappa shape index (κ2) is 4.71. The number of hydrogen-bond acceptors (Lipinski definition) is 4. The van der Waals surface area contributed by atoms with Crippen molar-refractivity contribution in [1.82, 2.24) is 14.8 Å². The molecule has 0 saturated carbocycles. The average Bonchev–Trinajstić information content (AvgIpc) is 2.68. The van der Waals surface area contributed by atoms with E-state index < -0.39 is 11.7 Å². The number of aromatic nitrogens is 3. The van der Waals surface area contributed by atoms with Gasteiger partial charge in [0.05, 0.1) is 22.5 Å². The van der Waals surface area contributed by atoms with E-state index in [4.69, 9.17) is 17.4 Å². The fourth-order valence-corrected chi connectivity index (χ4v) is 1.56. The molecule has 0 spiro atoms. The maximum absolute atomic E-state index is 12.7. The number of hydrazine groups is 1. The Hall–Kier alpha value is -1.80. The number of nitrogens with one attached hydrogen (secondary N) is 1. The number of pyridine rings is 1. The molecule has 2 rings (SSSR count). The molecule has 0 unspecified atom stereocenters. The highest BCUT2D eigenvalue weighted by atomic mass is 35.5. The van der Waals surface area contributed by atoms with Gasteiger partial charge >= 0.3 is 6.18 Å². The van der Waals surface area contributed by atoms with Crippen LogP contribution >= 0.6 is 11.6 Å². The molecule has 0 aliphatic heterocycles. The Bertz CT molecular complexity index is 588. The van der Waals surface area contributed by atoms with Crippen LogP contribution in [-0.2, 0) is 6.18 Å². The summed E-state index contributed by atoms with van der Waals surface area (Å²) in [6, 6.07) is 1.67. The summed E-state index contributed by atoms with van der Waals surface area (Å²) >= 11 is 5.81. The van der Waals surface area contributed by atoms with Crippen molar-refractivity contribution in [1.29, 1.82) is 0 Å². The normalized spacial score (nSPS) is 11.7. The van der Waals surface area contributed by atoms with Crippen molar-refractivity contribution >= 4 is 17.4 Å². The van der Waals surface area contributed by atoms with Crippen LogP contribution in [0.5, 0.6) is 0 Å². The Morgan fingerprint density at radius 1 is 1.37 bits per heavy atom. The van der Waals surface area contributed by atoms with E-state index in [-0.39, 0.29) is 11.6 Å². The zero-order valence-corrected chi connectivity index (χ0v) is 10.4. The van der Waals surface area contributed by atoms with E-state index in [1.165, 1.54) is 6.20 Å². The van der Waals surface area contributed by atoms with Crippen LogP contribution in [0.1, 0.15) is 11.3 Å². The Labute approximate surface area is 111 Å². The van der Waals surface area contributed by atoms with Gasteiger partial charge in [0, 0.05) is 0 Å². The predicted molar refractivity (Wildman–Crippen MR) is 63.9 cm³/mol. The van der Waals surface area contributed by atoms with E-state index >= 15 is 0 Å². The third kappa shape index (κ3) is 2.79. The van der Waals surface area contributed by atoms with Crippen molar-refractivity contribution < 1.29 is 13.2 Å². The topological polar surface area (TPSA) is 68.8 Å². The predicted octanol–water partition coefficient (Wildman–Crippen LogP) is 2.53. The second-order valence-electron chi connectivity index (χ2n) is 3.75. The molecular weight excluding hydrogens is 283 g/mol. The van der Waals surface area contributed by atoms with Crippen LogP contribution in [0.4, 0.5) is 19.0 Å². The second-order valence-corrected chi connectivity index (χ2v) is 4.16. The number of nitrogen functional groups attached to an aromatic ring is 1. The standard InChI is InChI=1S/C10H9ClF3N5/c1-5-7(11)4-19(18-5)9-3-6(10(12,13)14)2-8(16-9)17-15/h2-4H,15H2,1H3,(H,16,17). The Balaban J connectivity index is 2.57. The highest BCUT2D eigenvalue weighted by molar-refractivity contribution is 6.31. The summed E-state index contributed by atoms with van der Waals surface area (Å²) in [5, 5.41) is 4.30. The summed E-state index contributed by atoms with van der Waals surface area (Å²) in [7, 11) is 0. The maximum atomic E-state index is 12.7. The van der Waals surface area contributed by atoms with Crippen molar-refractivity contribution in [2.75, 3.05) is 5.43 Å². The smallest absolute Gasteiger partial charge is 0.308 e. The summed E-state index contributed by atoms with van der Waals surface area (Å²) in [4.78, 5) is 3.90. The molecule has 0 aromatic carbocycles. The molecule has 5 nitrogen and oxygen atoms in total. The fourth-order valence-electron chi connectivity index (χ4n) is 1.43. The molecule has 9 heteroatoms.